The largest absolute Gasteiger partial charge is 0.438 e. The second-order valence-corrected chi connectivity index (χ2v) is 6.89. The van der Waals surface area contributed by atoms with Crippen LogP contribution in [0.4, 0.5) is 5.13 Å². The molecule has 0 aliphatic rings. The monoisotopic (exact) mass is 407 g/mol. The fourth-order valence-electron chi connectivity index (χ4n) is 2.37. The number of anilines is 1. The summed E-state index contributed by atoms with van der Waals surface area (Å²) in [5.41, 5.74) is 5.82. The molecule has 0 unspecified atom stereocenters. The normalized spacial score (nSPS) is 10.9. The Bertz CT molecular complexity index is 1080. The summed E-state index contributed by atoms with van der Waals surface area (Å²) < 4.78 is 5.67. The Morgan fingerprint density at radius 1 is 1.00 bits per heavy atom. The highest BCUT2D eigenvalue weighted by atomic mass is 35.5. The van der Waals surface area contributed by atoms with Gasteiger partial charge in [0.25, 0.3) is 0 Å². The molecule has 4 aromatic rings. The van der Waals surface area contributed by atoms with Crippen LogP contribution in [0.1, 0.15) is 5.56 Å². The molecule has 0 radical (unpaired) electrons. The molecular weight excluding hydrogens is 394 g/mol. The van der Waals surface area contributed by atoms with Gasteiger partial charge in [-0.05, 0) is 23.8 Å². The van der Waals surface area contributed by atoms with Crippen molar-refractivity contribution >= 4 is 34.3 Å². The van der Waals surface area contributed by atoms with E-state index in [4.69, 9.17) is 16.3 Å². The predicted octanol–water partition coefficient (Wildman–Crippen LogP) is 5.49. The number of ether oxygens (including phenoxy) is 1. The van der Waals surface area contributed by atoms with Crippen LogP contribution in [0.3, 0.4) is 0 Å². The zero-order valence-corrected chi connectivity index (χ0v) is 16.1. The molecule has 2 heterocycles. The van der Waals surface area contributed by atoms with E-state index in [1.54, 1.807) is 18.3 Å². The van der Waals surface area contributed by atoms with Gasteiger partial charge in [-0.1, -0.05) is 54.1 Å². The lowest BCUT2D eigenvalue weighted by atomic mass is 10.2. The Balaban J connectivity index is 1.40. The van der Waals surface area contributed by atoms with Crippen molar-refractivity contribution in [3.8, 4) is 22.9 Å². The smallest absolute Gasteiger partial charge is 0.238 e. The van der Waals surface area contributed by atoms with E-state index in [0.29, 0.717) is 16.8 Å². The van der Waals surface area contributed by atoms with Gasteiger partial charge in [-0.3, -0.25) is 5.43 Å². The van der Waals surface area contributed by atoms with Crippen LogP contribution >= 0.6 is 22.9 Å². The lowest BCUT2D eigenvalue weighted by Gasteiger charge is -2.04. The average molecular weight is 408 g/mol. The fourth-order valence-corrected chi connectivity index (χ4v) is 3.14. The Morgan fingerprint density at radius 2 is 1.89 bits per heavy atom. The van der Waals surface area contributed by atoms with E-state index in [2.05, 4.69) is 25.7 Å². The number of nitrogens with one attached hydrogen (secondary N) is 1. The van der Waals surface area contributed by atoms with Gasteiger partial charge in [-0.2, -0.15) is 5.10 Å². The van der Waals surface area contributed by atoms with Gasteiger partial charge in [-0.25, -0.2) is 4.98 Å². The number of hydrogen-bond donors (Lipinski definition) is 1. The van der Waals surface area contributed by atoms with Gasteiger partial charge in [0.2, 0.25) is 11.0 Å². The summed E-state index contributed by atoms with van der Waals surface area (Å²) in [4.78, 5) is 4.54. The third-order valence-electron chi connectivity index (χ3n) is 3.64. The quantitative estimate of drug-likeness (QED) is 0.338. The molecule has 0 atom stereocenters. The van der Waals surface area contributed by atoms with Crippen molar-refractivity contribution in [3.63, 3.8) is 0 Å². The van der Waals surface area contributed by atoms with Crippen molar-refractivity contribution in [1.29, 1.82) is 0 Å². The SMILES string of the molecule is Clc1ccc(Oc2cccc(C=NNc3nc(-c4ccccc4)cs3)c2)nn1. The minimum Gasteiger partial charge on any atom is -0.438 e. The number of halogens is 1. The molecule has 0 fully saturated rings. The van der Waals surface area contributed by atoms with Crippen molar-refractivity contribution in [1.82, 2.24) is 15.2 Å². The van der Waals surface area contributed by atoms with Crippen molar-refractivity contribution < 1.29 is 4.74 Å². The van der Waals surface area contributed by atoms with E-state index in [1.807, 2.05) is 60.0 Å². The van der Waals surface area contributed by atoms with Crippen molar-refractivity contribution in [2.45, 2.75) is 0 Å². The van der Waals surface area contributed by atoms with Crippen LogP contribution in [0.25, 0.3) is 11.3 Å². The third kappa shape index (κ3) is 4.70. The topological polar surface area (TPSA) is 72.3 Å². The van der Waals surface area contributed by atoms with Crippen LogP contribution in [0.5, 0.6) is 11.6 Å². The maximum absolute atomic E-state index is 5.73. The number of nitrogens with zero attached hydrogens (tertiary/aromatic N) is 4. The molecule has 28 heavy (non-hydrogen) atoms. The first kappa shape index (κ1) is 18.1. The minimum absolute atomic E-state index is 0.317. The van der Waals surface area contributed by atoms with E-state index < -0.39 is 0 Å². The Labute approximate surface area is 170 Å². The first-order chi connectivity index (χ1) is 13.8. The molecule has 0 amide bonds. The van der Waals surface area contributed by atoms with E-state index in [0.717, 1.165) is 22.0 Å². The highest BCUT2D eigenvalue weighted by Gasteiger charge is 2.03. The van der Waals surface area contributed by atoms with Gasteiger partial charge >= 0.3 is 0 Å². The predicted molar refractivity (Wildman–Crippen MR) is 112 cm³/mol. The molecule has 0 saturated carbocycles. The highest BCUT2D eigenvalue weighted by molar-refractivity contribution is 7.14. The molecule has 0 bridgehead atoms. The van der Waals surface area contributed by atoms with E-state index >= 15 is 0 Å². The van der Waals surface area contributed by atoms with Gasteiger partial charge in [0.15, 0.2) is 5.15 Å². The van der Waals surface area contributed by atoms with E-state index in [-0.39, 0.29) is 0 Å². The van der Waals surface area contributed by atoms with Gasteiger partial charge < -0.3 is 4.74 Å². The molecule has 1 N–H and O–H groups in total. The standard InChI is InChI=1S/C20H14ClN5OS/c21-18-9-10-19(25-24-18)27-16-8-4-5-14(11-16)12-22-26-20-23-17(13-28-20)15-6-2-1-3-7-15/h1-13H,(H,23,26). The van der Waals surface area contributed by atoms with Gasteiger partial charge in [0.05, 0.1) is 11.9 Å². The number of hydrogen-bond acceptors (Lipinski definition) is 7. The van der Waals surface area contributed by atoms with Crippen LogP contribution in [0.2, 0.25) is 5.15 Å². The average Bonchev–Trinajstić information content (AvgIpc) is 3.20. The second-order valence-electron chi connectivity index (χ2n) is 5.64. The number of benzene rings is 2. The first-order valence-corrected chi connectivity index (χ1v) is 9.59. The Kier molecular flexibility index (Phi) is 5.56. The number of aromatic nitrogens is 3. The van der Waals surface area contributed by atoms with Crippen LogP contribution in [-0.4, -0.2) is 21.4 Å². The molecule has 8 heteroatoms. The molecule has 2 aromatic heterocycles. The summed E-state index contributed by atoms with van der Waals surface area (Å²) in [5, 5.41) is 14.9. The highest BCUT2D eigenvalue weighted by Crippen LogP contribution is 2.24. The summed E-state index contributed by atoms with van der Waals surface area (Å²) in [6.07, 6.45) is 1.70. The number of thiazole rings is 1. The summed E-state index contributed by atoms with van der Waals surface area (Å²) in [6, 6.07) is 20.8. The molecule has 0 saturated heterocycles. The third-order valence-corrected chi connectivity index (χ3v) is 4.58. The maximum atomic E-state index is 5.73. The fraction of sp³-hybridized carbons (Fsp3) is 0. The van der Waals surface area contributed by atoms with Crippen LogP contribution in [0.15, 0.2) is 77.2 Å². The lowest BCUT2D eigenvalue weighted by molar-refractivity contribution is 0.455. The number of rotatable bonds is 6. The maximum Gasteiger partial charge on any atom is 0.238 e. The van der Waals surface area contributed by atoms with Gasteiger partial charge in [0.1, 0.15) is 5.75 Å². The molecule has 0 aliphatic carbocycles. The van der Waals surface area contributed by atoms with E-state index in [1.165, 1.54) is 11.3 Å². The second kappa shape index (κ2) is 8.60. The Morgan fingerprint density at radius 3 is 2.71 bits per heavy atom. The van der Waals surface area contributed by atoms with Gasteiger partial charge in [0, 0.05) is 17.0 Å². The molecule has 2 aromatic carbocycles. The summed E-state index contributed by atoms with van der Waals surface area (Å²) in [7, 11) is 0. The van der Waals surface area contributed by atoms with Crippen LogP contribution < -0.4 is 10.2 Å². The molecule has 6 nitrogen and oxygen atoms in total. The summed E-state index contributed by atoms with van der Waals surface area (Å²) in [6.45, 7) is 0. The van der Waals surface area contributed by atoms with Crippen molar-refractivity contribution in [2.75, 3.05) is 5.43 Å². The Hall–Kier alpha value is -3.29. The lowest BCUT2D eigenvalue weighted by Crippen LogP contribution is -1.93. The molecular formula is C20H14ClN5OS. The molecule has 0 aliphatic heterocycles. The summed E-state index contributed by atoms with van der Waals surface area (Å²) >= 11 is 7.23. The number of hydrazone groups is 1. The zero-order valence-electron chi connectivity index (χ0n) is 14.5. The minimum atomic E-state index is 0.317. The van der Waals surface area contributed by atoms with Crippen LogP contribution in [0, 0.1) is 0 Å². The molecule has 4 rings (SSSR count). The van der Waals surface area contributed by atoms with Crippen molar-refractivity contribution in [3.05, 3.63) is 82.8 Å². The van der Waals surface area contributed by atoms with E-state index in [9.17, 15) is 0 Å². The molecule has 138 valence electrons. The first-order valence-electron chi connectivity index (χ1n) is 8.33. The van der Waals surface area contributed by atoms with Crippen LogP contribution in [-0.2, 0) is 0 Å². The molecule has 0 spiro atoms. The van der Waals surface area contributed by atoms with Gasteiger partial charge in [-0.15, -0.1) is 21.5 Å². The van der Waals surface area contributed by atoms with Crippen molar-refractivity contribution in [2.24, 2.45) is 5.10 Å². The summed E-state index contributed by atoms with van der Waals surface area (Å²) in [5.74, 6) is 0.994. The zero-order chi connectivity index (χ0) is 19.2.